The summed E-state index contributed by atoms with van der Waals surface area (Å²) in [5.41, 5.74) is 1.12. The van der Waals surface area contributed by atoms with Crippen molar-refractivity contribution in [2.45, 2.75) is 56.7 Å². The molecule has 3 heterocycles. The summed E-state index contributed by atoms with van der Waals surface area (Å²) in [6.45, 7) is 0. The van der Waals surface area contributed by atoms with Crippen molar-refractivity contribution in [1.82, 2.24) is 14.7 Å². The fourth-order valence-corrected chi connectivity index (χ4v) is 4.72. The highest BCUT2D eigenvalue weighted by Crippen LogP contribution is 2.41. The first kappa shape index (κ1) is 16.9. The van der Waals surface area contributed by atoms with E-state index in [2.05, 4.69) is 10.00 Å². The van der Waals surface area contributed by atoms with Gasteiger partial charge in [-0.1, -0.05) is 35.3 Å². The van der Waals surface area contributed by atoms with Crippen molar-refractivity contribution in [1.29, 1.82) is 0 Å². The number of piperidine rings is 1. The number of carbonyl (C=O) groups is 1. The lowest BCUT2D eigenvalue weighted by molar-refractivity contribution is -0.136. The Morgan fingerprint density at radius 3 is 2.52 bits per heavy atom. The predicted molar refractivity (Wildman–Crippen MR) is 98.9 cm³/mol. The van der Waals surface area contributed by atoms with Crippen LogP contribution >= 0.6 is 23.2 Å². The van der Waals surface area contributed by atoms with Crippen LogP contribution in [0.15, 0.2) is 36.7 Å². The fourth-order valence-electron chi connectivity index (χ4n) is 4.36. The number of halogens is 2. The molecular weight excluding hydrogens is 357 g/mol. The van der Waals surface area contributed by atoms with E-state index in [1.165, 1.54) is 0 Å². The van der Waals surface area contributed by atoms with Gasteiger partial charge in [-0.3, -0.25) is 9.48 Å². The summed E-state index contributed by atoms with van der Waals surface area (Å²) in [5.74, 6) is 0.268. The van der Waals surface area contributed by atoms with Crippen LogP contribution in [0.3, 0.4) is 0 Å². The molecule has 2 aliphatic rings. The van der Waals surface area contributed by atoms with Gasteiger partial charge in [-0.15, -0.1) is 0 Å². The topological polar surface area (TPSA) is 38.1 Å². The maximum Gasteiger partial charge on any atom is 0.223 e. The normalized spacial score (nSPS) is 25.4. The number of carbonyl (C=O) groups excluding carboxylic acids is 1. The lowest BCUT2D eigenvalue weighted by Crippen LogP contribution is -2.47. The fraction of sp³-hybridized carbons (Fsp3) is 0.474. The second-order valence-corrected chi connectivity index (χ2v) is 7.95. The molecule has 2 bridgehead atoms. The monoisotopic (exact) mass is 377 g/mol. The van der Waals surface area contributed by atoms with Gasteiger partial charge in [0.05, 0.1) is 17.3 Å². The Hall–Kier alpha value is -1.52. The molecule has 0 saturated carbocycles. The second kappa shape index (κ2) is 7.00. The van der Waals surface area contributed by atoms with Gasteiger partial charge in [0.25, 0.3) is 0 Å². The van der Waals surface area contributed by atoms with Crippen molar-refractivity contribution in [3.63, 3.8) is 0 Å². The zero-order valence-electron chi connectivity index (χ0n) is 13.9. The van der Waals surface area contributed by atoms with E-state index in [1.54, 1.807) is 6.20 Å². The maximum absolute atomic E-state index is 12.8. The first-order valence-electron chi connectivity index (χ1n) is 8.85. The van der Waals surface area contributed by atoms with E-state index in [9.17, 15) is 4.79 Å². The highest BCUT2D eigenvalue weighted by atomic mass is 35.5. The van der Waals surface area contributed by atoms with Crippen LogP contribution in [0.25, 0.3) is 0 Å². The molecule has 25 heavy (non-hydrogen) atoms. The number of aryl methyl sites for hydroxylation is 1. The molecule has 4 rings (SSSR count). The van der Waals surface area contributed by atoms with E-state index in [4.69, 9.17) is 23.2 Å². The van der Waals surface area contributed by atoms with Crippen molar-refractivity contribution in [3.05, 3.63) is 52.3 Å². The SMILES string of the molecule is O=C(CCc1cccc(Cl)c1)N1C2CCC1CC(n1cc(Cl)cn1)C2. The first-order valence-corrected chi connectivity index (χ1v) is 9.61. The summed E-state index contributed by atoms with van der Waals surface area (Å²) in [5, 5.41) is 5.76. The predicted octanol–water partition coefficient (Wildman–Crippen LogP) is 4.52. The summed E-state index contributed by atoms with van der Waals surface area (Å²) in [6, 6.07) is 8.78. The highest BCUT2D eigenvalue weighted by molar-refractivity contribution is 6.30. The minimum absolute atomic E-state index is 0.268. The van der Waals surface area contributed by atoms with Crippen molar-refractivity contribution in [3.8, 4) is 0 Å². The summed E-state index contributed by atoms with van der Waals surface area (Å²) in [7, 11) is 0. The molecule has 2 aliphatic heterocycles. The van der Waals surface area contributed by atoms with Crippen LogP contribution in [-0.4, -0.2) is 32.7 Å². The average molecular weight is 378 g/mol. The van der Waals surface area contributed by atoms with E-state index in [0.29, 0.717) is 29.6 Å². The molecule has 2 unspecified atom stereocenters. The van der Waals surface area contributed by atoms with E-state index in [1.807, 2.05) is 35.1 Å². The third-order valence-electron chi connectivity index (χ3n) is 5.46. The van der Waals surface area contributed by atoms with E-state index in [0.717, 1.165) is 42.7 Å². The molecule has 132 valence electrons. The van der Waals surface area contributed by atoms with Gasteiger partial charge in [-0.25, -0.2) is 0 Å². The Labute approximate surface area is 157 Å². The molecule has 0 spiro atoms. The number of hydrogen-bond acceptors (Lipinski definition) is 2. The standard InChI is InChI=1S/C19H21Cl2N3O/c20-14-3-1-2-13(8-14)4-7-19(25)24-16-5-6-17(24)10-18(9-16)23-12-15(21)11-22-23/h1-3,8,11-12,16-18H,4-7,9-10H2. The molecule has 0 aliphatic carbocycles. The Balaban J connectivity index is 1.39. The number of nitrogens with zero attached hydrogens (tertiary/aromatic N) is 3. The molecule has 2 saturated heterocycles. The molecule has 2 atom stereocenters. The molecule has 1 aromatic carbocycles. The average Bonchev–Trinajstić information content (AvgIpc) is 3.14. The molecule has 2 aromatic rings. The first-order chi connectivity index (χ1) is 12.1. The minimum atomic E-state index is 0.268. The molecule has 2 fully saturated rings. The number of rotatable bonds is 4. The van der Waals surface area contributed by atoms with E-state index in [-0.39, 0.29) is 5.91 Å². The molecule has 4 nitrogen and oxygen atoms in total. The summed E-state index contributed by atoms with van der Waals surface area (Å²) >= 11 is 12.0. The Morgan fingerprint density at radius 2 is 1.88 bits per heavy atom. The number of hydrogen-bond donors (Lipinski definition) is 0. The lowest BCUT2D eigenvalue weighted by atomic mass is 9.96. The van der Waals surface area contributed by atoms with Gasteiger partial charge in [0.1, 0.15) is 0 Å². The van der Waals surface area contributed by atoms with Gasteiger partial charge in [-0.05, 0) is 49.8 Å². The Morgan fingerprint density at radius 1 is 1.12 bits per heavy atom. The van der Waals surface area contributed by atoms with Gasteiger partial charge < -0.3 is 4.90 Å². The zero-order valence-corrected chi connectivity index (χ0v) is 15.5. The van der Waals surface area contributed by atoms with Gasteiger partial charge in [-0.2, -0.15) is 5.10 Å². The number of amides is 1. The van der Waals surface area contributed by atoms with E-state index < -0.39 is 0 Å². The number of benzene rings is 1. The van der Waals surface area contributed by atoms with Gasteiger partial charge in [0, 0.05) is 29.7 Å². The summed E-state index contributed by atoms with van der Waals surface area (Å²) < 4.78 is 1.97. The van der Waals surface area contributed by atoms with Gasteiger partial charge in [0.15, 0.2) is 0 Å². The molecule has 0 radical (unpaired) electrons. The van der Waals surface area contributed by atoms with Crippen molar-refractivity contribution in [2.24, 2.45) is 0 Å². The second-order valence-electron chi connectivity index (χ2n) is 7.08. The van der Waals surface area contributed by atoms with Crippen molar-refractivity contribution in [2.75, 3.05) is 0 Å². The van der Waals surface area contributed by atoms with Crippen LogP contribution in [0.5, 0.6) is 0 Å². The number of aromatic nitrogens is 2. The van der Waals surface area contributed by atoms with Crippen LogP contribution in [0, 0.1) is 0 Å². The van der Waals surface area contributed by atoms with Crippen molar-refractivity contribution >= 4 is 29.1 Å². The maximum atomic E-state index is 12.8. The Bertz CT molecular complexity index is 762. The van der Waals surface area contributed by atoms with E-state index >= 15 is 0 Å². The molecule has 1 aromatic heterocycles. The van der Waals surface area contributed by atoms with Gasteiger partial charge in [0.2, 0.25) is 5.91 Å². The molecule has 1 amide bonds. The quantitative estimate of drug-likeness (QED) is 0.785. The third kappa shape index (κ3) is 3.56. The van der Waals surface area contributed by atoms with Gasteiger partial charge >= 0.3 is 0 Å². The molecule has 6 heteroatoms. The summed E-state index contributed by atoms with van der Waals surface area (Å²) in [6.07, 6.45) is 9.00. The van der Waals surface area contributed by atoms with Crippen LogP contribution in [0.1, 0.15) is 43.7 Å². The summed E-state index contributed by atoms with van der Waals surface area (Å²) in [4.78, 5) is 15.0. The van der Waals surface area contributed by atoms with Crippen LogP contribution in [-0.2, 0) is 11.2 Å². The smallest absolute Gasteiger partial charge is 0.223 e. The third-order valence-corrected chi connectivity index (χ3v) is 5.89. The lowest BCUT2D eigenvalue weighted by Gasteiger charge is -2.39. The van der Waals surface area contributed by atoms with Crippen LogP contribution in [0.2, 0.25) is 10.0 Å². The zero-order chi connectivity index (χ0) is 17.4. The van der Waals surface area contributed by atoms with Crippen LogP contribution < -0.4 is 0 Å². The molecular formula is C19H21Cl2N3O. The highest BCUT2D eigenvalue weighted by Gasteiger charge is 2.43. The minimum Gasteiger partial charge on any atom is -0.337 e. The van der Waals surface area contributed by atoms with Crippen LogP contribution in [0.4, 0.5) is 0 Å². The molecule has 0 N–H and O–H groups in total. The Kier molecular flexibility index (Phi) is 4.74. The largest absolute Gasteiger partial charge is 0.337 e. The number of fused-ring (bicyclic) bond motifs is 2. The van der Waals surface area contributed by atoms with Crippen molar-refractivity contribution < 1.29 is 4.79 Å².